The topological polar surface area (TPSA) is 32.3 Å². The Bertz CT molecular complexity index is 231. The first kappa shape index (κ1) is 15.5. The number of nitrogens with one attached hydrogen (secondary N) is 1. The van der Waals surface area contributed by atoms with Crippen LogP contribution in [0.25, 0.3) is 0 Å². The molecule has 1 amide bonds. The van der Waals surface area contributed by atoms with Crippen molar-refractivity contribution in [3.8, 4) is 0 Å². The van der Waals surface area contributed by atoms with Crippen LogP contribution in [0.1, 0.15) is 65.2 Å². The van der Waals surface area contributed by atoms with Crippen molar-refractivity contribution in [2.45, 2.75) is 71.3 Å². The van der Waals surface area contributed by atoms with Gasteiger partial charge in [0.25, 0.3) is 0 Å². The van der Waals surface area contributed by atoms with Gasteiger partial charge < -0.3 is 5.32 Å². The van der Waals surface area contributed by atoms with E-state index in [1.54, 1.807) is 0 Å². The Hall–Kier alpha value is -0.570. The Morgan fingerprint density at radius 3 is 2.72 bits per heavy atom. The van der Waals surface area contributed by atoms with Crippen LogP contribution in [0, 0.1) is 0 Å². The SMILES string of the molecule is CCCCCCCNC(=O)CN1CCCC1CC. The number of hydrogen-bond donors (Lipinski definition) is 1. The van der Waals surface area contributed by atoms with Crippen LogP contribution >= 0.6 is 0 Å². The molecule has 0 aliphatic carbocycles. The normalized spacial score (nSPS) is 20.2. The molecule has 3 nitrogen and oxygen atoms in total. The van der Waals surface area contributed by atoms with Gasteiger partial charge >= 0.3 is 0 Å². The number of rotatable bonds is 9. The Labute approximate surface area is 112 Å². The maximum Gasteiger partial charge on any atom is 0.234 e. The van der Waals surface area contributed by atoms with Crippen LogP contribution in [0.5, 0.6) is 0 Å². The van der Waals surface area contributed by atoms with Crippen LogP contribution in [0.2, 0.25) is 0 Å². The maximum atomic E-state index is 11.8. The molecule has 0 bridgehead atoms. The molecule has 0 saturated carbocycles. The molecule has 18 heavy (non-hydrogen) atoms. The molecule has 106 valence electrons. The van der Waals surface area contributed by atoms with Crippen molar-refractivity contribution >= 4 is 5.91 Å². The summed E-state index contributed by atoms with van der Waals surface area (Å²) < 4.78 is 0. The molecule has 0 radical (unpaired) electrons. The summed E-state index contributed by atoms with van der Waals surface area (Å²) in [5, 5.41) is 3.05. The summed E-state index contributed by atoms with van der Waals surface area (Å²) in [5.41, 5.74) is 0. The highest BCUT2D eigenvalue weighted by Gasteiger charge is 2.24. The summed E-state index contributed by atoms with van der Waals surface area (Å²) in [5.74, 6) is 0.214. The molecule has 1 unspecified atom stereocenters. The predicted molar refractivity (Wildman–Crippen MR) is 76.7 cm³/mol. The largest absolute Gasteiger partial charge is 0.355 e. The van der Waals surface area contributed by atoms with Crippen molar-refractivity contribution < 1.29 is 4.79 Å². The van der Waals surface area contributed by atoms with Gasteiger partial charge in [-0.2, -0.15) is 0 Å². The van der Waals surface area contributed by atoms with E-state index in [1.807, 2.05) is 0 Å². The molecule has 0 aromatic rings. The summed E-state index contributed by atoms with van der Waals surface area (Å²) in [6.07, 6.45) is 9.96. The fraction of sp³-hybridized carbons (Fsp3) is 0.933. The van der Waals surface area contributed by atoms with E-state index in [1.165, 1.54) is 44.9 Å². The van der Waals surface area contributed by atoms with Gasteiger partial charge in [0, 0.05) is 12.6 Å². The molecule has 1 aliphatic heterocycles. The van der Waals surface area contributed by atoms with E-state index in [9.17, 15) is 4.79 Å². The highest BCUT2D eigenvalue weighted by molar-refractivity contribution is 5.78. The molecular formula is C15H30N2O. The molecule has 0 aromatic carbocycles. The Balaban J connectivity index is 2.03. The highest BCUT2D eigenvalue weighted by atomic mass is 16.2. The lowest BCUT2D eigenvalue weighted by Gasteiger charge is -2.22. The van der Waals surface area contributed by atoms with E-state index in [-0.39, 0.29) is 5.91 Å². The van der Waals surface area contributed by atoms with Gasteiger partial charge in [-0.15, -0.1) is 0 Å². The standard InChI is InChI=1S/C15H30N2O/c1-3-5-6-7-8-11-16-15(18)13-17-12-9-10-14(17)4-2/h14H,3-13H2,1-2H3,(H,16,18). The van der Waals surface area contributed by atoms with Crippen molar-refractivity contribution in [1.29, 1.82) is 0 Å². The molecule has 0 spiro atoms. The zero-order chi connectivity index (χ0) is 13.2. The minimum absolute atomic E-state index is 0.214. The Kier molecular flexibility index (Phi) is 8.06. The van der Waals surface area contributed by atoms with Crippen LogP contribution in [-0.2, 0) is 4.79 Å². The van der Waals surface area contributed by atoms with E-state index < -0.39 is 0 Å². The van der Waals surface area contributed by atoms with Gasteiger partial charge in [0.1, 0.15) is 0 Å². The van der Waals surface area contributed by atoms with Crippen molar-refractivity contribution in [2.75, 3.05) is 19.6 Å². The second kappa shape index (κ2) is 9.37. The van der Waals surface area contributed by atoms with Crippen molar-refractivity contribution in [3.05, 3.63) is 0 Å². The molecular weight excluding hydrogens is 224 g/mol. The fourth-order valence-corrected chi connectivity index (χ4v) is 2.76. The number of nitrogens with zero attached hydrogens (tertiary/aromatic N) is 1. The van der Waals surface area contributed by atoms with Crippen molar-refractivity contribution in [3.63, 3.8) is 0 Å². The summed E-state index contributed by atoms with van der Waals surface area (Å²) in [6.45, 7) is 7.00. The maximum absolute atomic E-state index is 11.8. The first-order valence-corrected chi connectivity index (χ1v) is 7.78. The average molecular weight is 254 g/mol. The summed E-state index contributed by atoms with van der Waals surface area (Å²) in [7, 11) is 0. The van der Waals surface area contributed by atoms with E-state index in [4.69, 9.17) is 0 Å². The zero-order valence-corrected chi connectivity index (χ0v) is 12.2. The highest BCUT2D eigenvalue weighted by Crippen LogP contribution is 2.18. The second-order valence-corrected chi connectivity index (χ2v) is 5.44. The second-order valence-electron chi connectivity index (χ2n) is 5.44. The lowest BCUT2D eigenvalue weighted by Crippen LogP contribution is -2.39. The smallest absolute Gasteiger partial charge is 0.234 e. The first-order valence-electron chi connectivity index (χ1n) is 7.78. The lowest BCUT2D eigenvalue weighted by molar-refractivity contribution is -0.122. The number of amides is 1. The van der Waals surface area contributed by atoms with Gasteiger partial charge in [-0.05, 0) is 32.2 Å². The average Bonchev–Trinajstić information content (AvgIpc) is 2.80. The molecule has 3 heteroatoms. The number of hydrogen-bond acceptors (Lipinski definition) is 2. The third kappa shape index (κ3) is 5.85. The fourth-order valence-electron chi connectivity index (χ4n) is 2.76. The van der Waals surface area contributed by atoms with Gasteiger partial charge in [-0.25, -0.2) is 0 Å². The van der Waals surface area contributed by atoms with Gasteiger partial charge in [0.05, 0.1) is 6.54 Å². The summed E-state index contributed by atoms with van der Waals surface area (Å²) >= 11 is 0. The van der Waals surface area contributed by atoms with Crippen LogP contribution in [0.3, 0.4) is 0 Å². The quantitative estimate of drug-likeness (QED) is 0.642. The van der Waals surface area contributed by atoms with Crippen LogP contribution < -0.4 is 5.32 Å². The third-order valence-electron chi connectivity index (χ3n) is 3.92. The lowest BCUT2D eigenvalue weighted by atomic mass is 10.1. The van der Waals surface area contributed by atoms with Crippen LogP contribution in [-0.4, -0.2) is 36.5 Å². The Morgan fingerprint density at radius 1 is 1.22 bits per heavy atom. The predicted octanol–water partition coefficient (Wildman–Crippen LogP) is 2.95. The Morgan fingerprint density at radius 2 is 2.00 bits per heavy atom. The van der Waals surface area contributed by atoms with Crippen molar-refractivity contribution in [2.24, 2.45) is 0 Å². The molecule has 1 N–H and O–H groups in total. The molecule has 1 heterocycles. The number of unbranched alkanes of at least 4 members (excludes halogenated alkanes) is 4. The molecule has 1 fully saturated rings. The van der Waals surface area contributed by atoms with E-state index in [2.05, 4.69) is 24.1 Å². The molecule has 0 aromatic heterocycles. The van der Waals surface area contributed by atoms with E-state index >= 15 is 0 Å². The van der Waals surface area contributed by atoms with Crippen LogP contribution in [0.15, 0.2) is 0 Å². The van der Waals surface area contributed by atoms with Gasteiger partial charge in [-0.1, -0.05) is 39.5 Å². The number of carbonyl (C=O) groups is 1. The number of carbonyl (C=O) groups excluding carboxylic acids is 1. The zero-order valence-electron chi connectivity index (χ0n) is 12.2. The summed E-state index contributed by atoms with van der Waals surface area (Å²) in [6, 6.07) is 0.639. The van der Waals surface area contributed by atoms with Crippen LogP contribution in [0.4, 0.5) is 0 Å². The van der Waals surface area contributed by atoms with Gasteiger partial charge in [0.2, 0.25) is 5.91 Å². The monoisotopic (exact) mass is 254 g/mol. The van der Waals surface area contributed by atoms with Gasteiger partial charge in [-0.3, -0.25) is 9.69 Å². The molecule has 1 saturated heterocycles. The number of likely N-dealkylation sites (tertiary alicyclic amines) is 1. The molecule has 1 rings (SSSR count). The minimum Gasteiger partial charge on any atom is -0.355 e. The third-order valence-corrected chi connectivity index (χ3v) is 3.92. The van der Waals surface area contributed by atoms with E-state index in [0.29, 0.717) is 12.6 Å². The first-order chi connectivity index (χ1) is 8.77. The van der Waals surface area contributed by atoms with E-state index in [0.717, 1.165) is 19.5 Å². The minimum atomic E-state index is 0.214. The summed E-state index contributed by atoms with van der Waals surface area (Å²) in [4.78, 5) is 14.1. The van der Waals surface area contributed by atoms with Crippen molar-refractivity contribution in [1.82, 2.24) is 10.2 Å². The molecule has 1 aliphatic rings. The van der Waals surface area contributed by atoms with Gasteiger partial charge in [0.15, 0.2) is 0 Å². The molecule has 1 atom stereocenters.